The molecule has 0 radical (unpaired) electrons. The second kappa shape index (κ2) is 4.81. The SMILES string of the molecule is COc1cc(I)cc([C@@H](N)CO)c1O. The molecule has 1 rings (SSSR count). The average Bonchev–Trinajstić information content (AvgIpc) is 2.19. The molecule has 4 nitrogen and oxygen atoms in total. The van der Waals surface area contributed by atoms with Crippen LogP contribution in [0.4, 0.5) is 0 Å². The number of hydrogen-bond donors (Lipinski definition) is 3. The molecule has 0 aromatic heterocycles. The minimum Gasteiger partial charge on any atom is -0.504 e. The summed E-state index contributed by atoms with van der Waals surface area (Å²) in [7, 11) is 1.47. The highest BCUT2D eigenvalue weighted by atomic mass is 127. The molecule has 0 amide bonds. The van der Waals surface area contributed by atoms with Crippen LogP contribution in [0.25, 0.3) is 0 Å². The van der Waals surface area contributed by atoms with E-state index in [4.69, 9.17) is 15.6 Å². The molecule has 5 heteroatoms. The number of aliphatic hydroxyl groups excluding tert-OH is 1. The van der Waals surface area contributed by atoms with Crippen molar-refractivity contribution in [3.05, 3.63) is 21.3 Å². The van der Waals surface area contributed by atoms with E-state index in [1.54, 1.807) is 12.1 Å². The third kappa shape index (κ3) is 2.28. The Bertz CT molecular complexity index is 330. The normalized spacial score (nSPS) is 12.6. The highest BCUT2D eigenvalue weighted by Gasteiger charge is 2.14. The topological polar surface area (TPSA) is 75.7 Å². The molecule has 78 valence electrons. The molecule has 0 spiro atoms. The standard InChI is InChI=1S/C9H12INO3/c1-14-8-3-5(10)2-6(9(8)13)7(11)4-12/h2-3,7,12-13H,4,11H2,1H3/t7-/m0/s1. The van der Waals surface area contributed by atoms with E-state index in [-0.39, 0.29) is 12.4 Å². The molecule has 1 aromatic rings. The third-order valence-electron chi connectivity index (χ3n) is 1.89. The van der Waals surface area contributed by atoms with Crippen molar-refractivity contribution in [1.29, 1.82) is 0 Å². The van der Waals surface area contributed by atoms with Gasteiger partial charge in [0.15, 0.2) is 11.5 Å². The summed E-state index contributed by atoms with van der Waals surface area (Å²) < 4.78 is 5.87. The van der Waals surface area contributed by atoms with Crippen molar-refractivity contribution in [2.24, 2.45) is 5.73 Å². The molecule has 14 heavy (non-hydrogen) atoms. The molecule has 0 fully saturated rings. The van der Waals surface area contributed by atoms with Gasteiger partial charge in [0.05, 0.1) is 19.8 Å². The average molecular weight is 309 g/mol. The predicted molar refractivity (Wildman–Crippen MR) is 61.4 cm³/mol. The summed E-state index contributed by atoms with van der Waals surface area (Å²) in [6.45, 7) is -0.212. The maximum absolute atomic E-state index is 9.70. The Kier molecular flexibility index (Phi) is 3.97. The van der Waals surface area contributed by atoms with Crippen molar-refractivity contribution in [2.45, 2.75) is 6.04 Å². The third-order valence-corrected chi connectivity index (χ3v) is 2.51. The zero-order valence-corrected chi connectivity index (χ0v) is 9.85. The van der Waals surface area contributed by atoms with Crippen LogP contribution in [-0.2, 0) is 0 Å². The second-order valence-corrected chi connectivity index (χ2v) is 4.08. The van der Waals surface area contributed by atoms with Crippen LogP contribution in [0.5, 0.6) is 11.5 Å². The Labute approximate surface area is 95.8 Å². The van der Waals surface area contributed by atoms with Gasteiger partial charge in [0.1, 0.15) is 0 Å². The summed E-state index contributed by atoms with van der Waals surface area (Å²) in [4.78, 5) is 0. The molecule has 0 heterocycles. The monoisotopic (exact) mass is 309 g/mol. The van der Waals surface area contributed by atoms with Crippen LogP contribution in [0.1, 0.15) is 11.6 Å². The van der Waals surface area contributed by atoms with E-state index in [1.807, 2.05) is 0 Å². The minimum absolute atomic E-state index is 0.00512. The van der Waals surface area contributed by atoms with Crippen molar-refractivity contribution in [3.8, 4) is 11.5 Å². The van der Waals surface area contributed by atoms with Crippen molar-refractivity contribution >= 4 is 22.6 Å². The van der Waals surface area contributed by atoms with E-state index in [0.717, 1.165) is 3.57 Å². The number of aromatic hydroxyl groups is 1. The van der Waals surface area contributed by atoms with Crippen LogP contribution in [0.3, 0.4) is 0 Å². The van der Waals surface area contributed by atoms with Gasteiger partial charge in [0, 0.05) is 9.13 Å². The number of benzene rings is 1. The zero-order valence-electron chi connectivity index (χ0n) is 7.70. The lowest BCUT2D eigenvalue weighted by Crippen LogP contribution is -2.15. The number of ether oxygens (including phenoxy) is 1. The van der Waals surface area contributed by atoms with E-state index < -0.39 is 6.04 Å². The molecule has 4 N–H and O–H groups in total. The largest absolute Gasteiger partial charge is 0.504 e. The summed E-state index contributed by atoms with van der Waals surface area (Å²) >= 11 is 2.09. The first-order chi connectivity index (χ1) is 6.60. The molecule has 0 unspecified atom stereocenters. The predicted octanol–water partition coefficient (Wildman–Crippen LogP) is 0.997. The fourth-order valence-corrected chi connectivity index (χ4v) is 1.75. The lowest BCUT2D eigenvalue weighted by atomic mass is 10.1. The Morgan fingerprint density at radius 2 is 2.21 bits per heavy atom. The van der Waals surface area contributed by atoms with Crippen LogP contribution < -0.4 is 10.5 Å². The van der Waals surface area contributed by atoms with Crippen LogP contribution in [0.15, 0.2) is 12.1 Å². The van der Waals surface area contributed by atoms with Gasteiger partial charge in [-0.2, -0.15) is 0 Å². The van der Waals surface area contributed by atoms with Crippen LogP contribution in [0.2, 0.25) is 0 Å². The number of nitrogens with two attached hydrogens (primary N) is 1. The highest BCUT2D eigenvalue weighted by molar-refractivity contribution is 14.1. The van der Waals surface area contributed by atoms with Crippen molar-refractivity contribution in [2.75, 3.05) is 13.7 Å². The number of rotatable bonds is 3. The number of methoxy groups -OCH3 is 1. The summed E-state index contributed by atoms with van der Waals surface area (Å²) in [5, 5.41) is 18.6. The van der Waals surface area contributed by atoms with Crippen LogP contribution >= 0.6 is 22.6 Å². The van der Waals surface area contributed by atoms with Gasteiger partial charge in [0.2, 0.25) is 0 Å². The van der Waals surface area contributed by atoms with Crippen molar-refractivity contribution < 1.29 is 14.9 Å². The van der Waals surface area contributed by atoms with Gasteiger partial charge in [-0.3, -0.25) is 0 Å². The maximum atomic E-state index is 9.70. The Morgan fingerprint density at radius 1 is 1.57 bits per heavy atom. The van der Waals surface area contributed by atoms with Gasteiger partial charge in [0.25, 0.3) is 0 Å². The number of aliphatic hydroxyl groups is 1. The van der Waals surface area contributed by atoms with Crippen LogP contribution in [0, 0.1) is 3.57 Å². The van der Waals surface area contributed by atoms with Crippen LogP contribution in [-0.4, -0.2) is 23.9 Å². The van der Waals surface area contributed by atoms with Crippen molar-refractivity contribution in [1.82, 2.24) is 0 Å². The van der Waals surface area contributed by atoms with E-state index in [0.29, 0.717) is 11.3 Å². The maximum Gasteiger partial charge on any atom is 0.162 e. The summed E-state index contributed by atoms with van der Waals surface area (Å²) in [5.74, 6) is 0.366. The first-order valence-electron chi connectivity index (χ1n) is 4.03. The molecular weight excluding hydrogens is 297 g/mol. The Morgan fingerprint density at radius 3 is 2.71 bits per heavy atom. The lowest BCUT2D eigenvalue weighted by molar-refractivity contribution is 0.264. The van der Waals surface area contributed by atoms with Gasteiger partial charge in [-0.05, 0) is 34.7 Å². The number of phenols is 1. The molecule has 1 atom stereocenters. The van der Waals surface area contributed by atoms with Gasteiger partial charge in [-0.15, -0.1) is 0 Å². The summed E-state index contributed by atoms with van der Waals surface area (Å²) in [5.41, 5.74) is 6.12. The fraction of sp³-hybridized carbons (Fsp3) is 0.333. The molecule has 0 aliphatic heterocycles. The van der Waals surface area contributed by atoms with E-state index in [9.17, 15) is 5.11 Å². The fourth-order valence-electron chi connectivity index (χ4n) is 1.13. The molecule has 0 aliphatic rings. The van der Waals surface area contributed by atoms with Crippen molar-refractivity contribution in [3.63, 3.8) is 0 Å². The van der Waals surface area contributed by atoms with Gasteiger partial charge in [-0.1, -0.05) is 0 Å². The Balaban J connectivity index is 3.21. The van der Waals surface area contributed by atoms with Gasteiger partial charge >= 0.3 is 0 Å². The molecule has 0 saturated heterocycles. The molecule has 1 aromatic carbocycles. The summed E-state index contributed by atoms with van der Waals surface area (Å²) in [6, 6.07) is 2.83. The molecule has 0 aliphatic carbocycles. The minimum atomic E-state index is -0.585. The van der Waals surface area contributed by atoms with Gasteiger partial charge in [-0.25, -0.2) is 0 Å². The second-order valence-electron chi connectivity index (χ2n) is 2.83. The molecule has 0 bridgehead atoms. The van der Waals surface area contributed by atoms with Gasteiger partial charge < -0.3 is 20.7 Å². The lowest BCUT2D eigenvalue weighted by Gasteiger charge is -2.13. The zero-order chi connectivity index (χ0) is 10.7. The summed E-state index contributed by atoms with van der Waals surface area (Å²) in [6.07, 6.45) is 0. The first-order valence-corrected chi connectivity index (χ1v) is 5.10. The number of hydrogen-bond acceptors (Lipinski definition) is 4. The quantitative estimate of drug-likeness (QED) is 0.728. The highest BCUT2D eigenvalue weighted by Crippen LogP contribution is 2.34. The Hall–Kier alpha value is -0.530. The smallest absolute Gasteiger partial charge is 0.162 e. The first kappa shape index (κ1) is 11.5. The van der Waals surface area contributed by atoms with E-state index in [1.165, 1.54) is 7.11 Å². The molecule has 0 saturated carbocycles. The number of phenolic OH excluding ortho intramolecular Hbond substituents is 1. The number of halogens is 1. The molecular formula is C9H12INO3. The van der Waals surface area contributed by atoms with E-state index >= 15 is 0 Å². The van der Waals surface area contributed by atoms with E-state index in [2.05, 4.69) is 22.6 Å².